The van der Waals surface area contributed by atoms with Gasteiger partial charge in [0.25, 0.3) is 10.0 Å². The lowest BCUT2D eigenvalue weighted by molar-refractivity contribution is -0.139. The lowest BCUT2D eigenvalue weighted by Gasteiger charge is -2.33. The van der Waals surface area contributed by atoms with Crippen molar-refractivity contribution >= 4 is 55.1 Å². The standard InChI is InChI=1S/C33H33BrClN3O6S/c1-36-33(40)29(19-23-7-5-4-6-8-23)37(21-24-9-11-25(34)12-10-24)32(39)22-38(27-15-13-26(35)14-16-27)45(41,42)28-17-18-30(43-2)31(20-28)44-3/h4-18,20,29H,19,21-22H2,1-3H3,(H,36,40)/t29-/m1/s1. The molecule has 1 atom stereocenters. The highest BCUT2D eigenvalue weighted by molar-refractivity contribution is 9.10. The van der Waals surface area contributed by atoms with E-state index in [0.717, 1.165) is 19.9 Å². The summed E-state index contributed by atoms with van der Waals surface area (Å²) in [4.78, 5) is 29.0. The fourth-order valence-corrected chi connectivity index (χ4v) is 6.57. The maximum atomic E-state index is 14.4. The molecule has 2 amide bonds. The smallest absolute Gasteiger partial charge is 0.264 e. The molecule has 0 radical (unpaired) electrons. The average molecular weight is 715 g/mol. The molecule has 0 fully saturated rings. The van der Waals surface area contributed by atoms with E-state index in [1.807, 2.05) is 54.6 Å². The molecular formula is C33H33BrClN3O6S. The topological polar surface area (TPSA) is 105 Å². The Labute approximate surface area is 276 Å². The van der Waals surface area contributed by atoms with Gasteiger partial charge in [0.05, 0.1) is 24.8 Å². The summed E-state index contributed by atoms with van der Waals surface area (Å²) in [5.74, 6) is -0.410. The van der Waals surface area contributed by atoms with Gasteiger partial charge in [0.2, 0.25) is 11.8 Å². The van der Waals surface area contributed by atoms with Crippen LogP contribution in [-0.2, 0) is 32.6 Å². The maximum Gasteiger partial charge on any atom is 0.264 e. The van der Waals surface area contributed by atoms with Gasteiger partial charge in [0.1, 0.15) is 12.6 Å². The molecule has 1 N–H and O–H groups in total. The summed E-state index contributed by atoms with van der Waals surface area (Å²) in [7, 11) is 0.0132. The number of likely N-dealkylation sites (N-methyl/N-ethyl adjacent to an activating group) is 1. The van der Waals surface area contributed by atoms with Crippen LogP contribution in [0, 0.1) is 0 Å². The van der Waals surface area contributed by atoms with Crippen molar-refractivity contribution in [3.8, 4) is 11.5 Å². The van der Waals surface area contributed by atoms with Gasteiger partial charge in [-0.1, -0.05) is 70.0 Å². The Morgan fingerprint density at radius 1 is 0.867 bits per heavy atom. The second-order valence-electron chi connectivity index (χ2n) is 9.97. The third kappa shape index (κ3) is 8.36. The second-order valence-corrected chi connectivity index (χ2v) is 13.2. The zero-order valence-electron chi connectivity index (χ0n) is 24.9. The number of ether oxygens (including phenoxy) is 2. The molecular weight excluding hydrogens is 682 g/mol. The molecule has 0 spiro atoms. The number of amides is 2. The Morgan fingerprint density at radius 3 is 2.11 bits per heavy atom. The molecule has 9 nitrogen and oxygen atoms in total. The summed E-state index contributed by atoms with van der Waals surface area (Å²) in [5, 5.41) is 3.07. The SMILES string of the molecule is CNC(=O)[C@@H](Cc1ccccc1)N(Cc1ccc(Br)cc1)C(=O)CN(c1ccc(Cl)cc1)S(=O)(=O)c1ccc(OC)c(OC)c1. The van der Waals surface area contributed by atoms with Crippen LogP contribution in [0.15, 0.2) is 106 Å². The number of methoxy groups -OCH3 is 2. The largest absolute Gasteiger partial charge is 0.493 e. The van der Waals surface area contributed by atoms with Gasteiger partial charge in [0, 0.05) is 35.6 Å². The molecule has 4 aromatic carbocycles. The quantitative estimate of drug-likeness (QED) is 0.191. The number of carbonyl (C=O) groups excluding carboxylic acids is 2. The fraction of sp³-hybridized carbons (Fsp3) is 0.212. The van der Waals surface area contributed by atoms with Gasteiger partial charge in [-0.3, -0.25) is 13.9 Å². The van der Waals surface area contributed by atoms with Crippen LogP contribution in [0.5, 0.6) is 11.5 Å². The molecule has 0 aliphatic heterocycles. The van der Waals surface area contributed by atoms with Gasteiger partial charge in [-0.05, 0) is 59.7 Å². The van der Waals surface area contributed by atoms with Crippen LogP contribution in [0.25, 0.3) is 0 Å². The van der Waals surface area contributed by atoms with Crippen molar-refractivity contribution in [2.24, 2.45) is 0 Å². The summed E-state index contributed by atoms with van der Waals surface area (Å²) in [6.07, 6.45) is 0.214. The minimum Gasteiger partial charge on any atom is -0.493 e. The second kappa shape index (κ2) is 15.3. The number of rotatable bonds is 13. The molecule has 0 saturated heterocycles. The summed E-state index contributed by atoms with van der Waals surface area (Å²) >= 11 is 9.56. The van der Waals surface area contributed by atoms with Crippen LogP contribution in [0.1, 0.15) is 11.1 Å². The van der Waals surface area contributed by atoms with E-state index in [0.29, 0.717) is 10.8 Å². The molecule has 12 heteroatoms. The van der Waals surface area contributed by atoms with E-state index in [4.69, 9.17) is 21.1 Å². The van der Waals surface area contributed by atoms with E-state index >= 15 is 0 Å². The van der Waals surface area contributed by atoms with E-state index in [9.17, 15) is 18.0 Å². The first-order chi connectivity index (χ1) is 21.6. The van der Waals surface area contributed by atoms with Crippen LogP contribution >= 0.6 is 27.5 Å². The maximum absolute atomic E-state index is 14.4. The lowest BCUT2D eigenvalue weighted by Crippen LogP contribution is -2.53. The highest BCUT2D eigenvalue weighted by atomic mass is 79.9. The third-order valence-electron chi connectivity index (χ3n) is 7.12. The number of nitrogens with zero attached hydrogens (tertiary/aromatic N) is 2. The lowest BCUT2D eigenvalue weighted by atomic mass is 10.0. The van der Waals surface area contributed by atoms with Crippen LogP contribution < -0.4 is 19.1 Å². The third-order valence-corrected chi connectivity index (χ3v) is 9.67. The summed E-state index contributed by atoms with van der Waals surface area (Å²) in [6.45, 7) is -0.543. The summed E-state index contributed by atoms with van der Waals surface area (Å²) in [6, 6.07) is 26.1. The Hall–Kier alpha value is -4.06. The first-order valence-corrected chi connectivity index (χ1v) is 16.5. The van der Waals surface area contributed by atoms with Crippen molar-refractivity contribution in [1.82, 2.24) is 10.2 Å². The van der Waals surface area contributed by atoms with Gasteiger partial charge < -0.3 is 19.7 Å². The van der Waals surface area contributed by atoms with Gasteiger partial charge in [-0.15, -0.1) is 0 Å². The Balaban J connectivity index is 1.80. The van der Waals surface area contributed by atoms with E-state index in [1.165, 1.54) is 56.5 Å². The number of sulfonamides is 1. The van der Waals surface area contributed by atoms with Crippen molar-refractivity contribution < 1.29 is 27.5 Å². The first-order valence-electron chi connectivity index (χ1n) is 13.9. The number of anilines is 1. The number of nitrogens with one attached hydrogen (secondary N) is 1. The molecule has 0 aliphatic rings. The molecule has 4 rings (SSSR count). The zero-order valence-corrected chi connectivity index (χ0v) is 28.1. The molecule has 0 saturated carbocycles. The fourth-order valence-electron chi connectivity index (χ4n) is 4.75. The minimum atomic E-state index is -4.34. The van der Waals surface area contributed by atoms with E-state index in [2.05, 4.69) is 21.2 Å². The van der Waals surface area contributed by atoms with Crippen LogP contribution in [0.3, 0.4) is 0 Å². The highest BCUT2D eigenvalue weighted by Crippen LogP contribution is 2.33. The Kier molecular flexibility index (Phi) is 11.5. The Morgan fingerprint density at radius 2 is 1.51 bits per heavy atom. The van der Waals surface area contributed by atoms with Crippen molar-refractivity contribution in [2.45, 2.75) is 23.9 Å². The minimum absolute atomic E-state index is 0.0574. The number of hydrogen-bond donors (Lipinski definition) is 1. The molecule has 0 aromatic heterocycles. The molecule has 236 valence electrons. The molecule has 0 heterocycles. The van der Waals surface area contributed by atoms with E-state index in [-0.39, 0.29) is 35.2 Å². The van der Waals surface area contributed by atoms with E-state index in [1.54, 1.807) is 12.1 Å². The van der Waals surface area contributed by atoms with Gasteiger partial charge in [-0.2, -0.15) is 0 Å². The number of benzene rings is 4. The van der Waals surface area contributed by atoms with Crippen LogP contribution in [0.2, 0.25) is 5.02 Å². The van der Waals surface area contributed by atoms with Crippen LogP contribution in [-0.4, -0.2) is 59.0 Å². The van der Waals surface area contributed by atoms with E-state index < -0.39 is 28.5 Å². The monoisotopic (exact) mass is 713 g/mol. The van der Waals surface area contributed by atoms with Gasteiger partial charge >= 0.3 is 0 Å². The Bertz CT molecular complexity index is 1720. The van der Waals surface area contributed by atoms with Gasteiger partial charge in [-0.25, -0.2) is 8.42 Å². The molecule has 4 aromatic rings. The van der Waals surface area contributed by atoms with Crippen LogP contribution in [0.4, 0.5) is 5.69 Å². The number of hydrogen-bond acceptors (Lipinski definition) is 6. The molecule has 0 unspecified atom stereocenters. The molecule has 0 bridgehead atoms. The predicted octanol–water partition coefficient (Wildman–Crippen LogP) is 5.70. The predicted molar refractivity (Wildman–Crippen MR) is 178 cm³/mol. The van der Waals surface area contributed by atoms with Crippen molar-refractivity contribution in [3.05, 3.63) is 118 Å². The summed E-state index contributed by atoms with van der Waals surface area (Å²) in [5.41, 5.74) is 1.81. The van der Waals surface area contributed by atoms with Crippen molar-refractivity contribution in [3.63, 3.8) is 0 Å². The normalized spacial score (nSPS) is 11.8. The summed E-state index contributed by atoms with van der Waals surface area (Å²) < 4.78 is 40.9. The van der Waals surface area contributed by atoms with Gasteiger partial charge in [0.15, 0.2) is 11.5 Å². The average Bonchev–Trinajstić information content (AvgIpc) is 3.06. The highest BCUT2D eigenvalue weighted by Gasteiger charge is 2.34. The molecule has 0 aliphatic carbocycles. The zero-order chi connectivity index (χ0) is 32.6. The number of halogens is 2. The van der Waals surface area contributed by atoms with Crippen molar-refractivity contribution in [1.29, 1.82) is 0 Å². The first kappa shape index (κ1) is 33.8. The molecule has 45 heavy (non-hydrogen) atoms. The van der Waals surface area contributed by atoms with Crippen molar-refractivity contribution in [2.75, 3.05) is 32.1 Å². The number of carbonyl (C=O) groups is 2.